The molecule has 1 aliphatic rings. The zero-order valence-electron chi connectivity index (χ0n) is 13.2. The predicted molar refractivity (Wildman–Crippen MR) is 88.8 cm³/mol. The highest BCUT2D eigenvalue weighted by molar-refractivity contribution is 5.91. The van der Waals surface area contributed by atoms with Gasteiger partial charge in [-0.3, -0.25) is 0 Å². The maximum Gasteiger partial charge on any atom is 0.319 e. The van der Waals surface area contributed by atoms with Crippen LogP contribution in [0.4, 0.5) is 10.5 Å². The molecule has 0 bridgehead atoms. The SMILES string of the molecule is COc1ccc(C)cc1NC(=O)N[C@H]1c2ccccc2C[C@H]1O. The minimum absolute atomic E-state index is 0.366. The van der Waals surface area contributed by atoms with Crippen LogP contribution in [0.15, 0.2) is 42.5 Å². The maximum absolute atomic E-state index is 12.3. The fourth-order valence-electron chi connectivity index (χ4n) is 2.97. The topological polar surface area (TPSA) is 70.6 Å². The van der Waals surface area contributed by atoms with Gasteiger partial charge in [0, 0.05) is 6.42 Å². The van der Waals surface area contributed by atoms with Crippen molar-refractivity contribution in [1.29, 1.82) is 0 Å². The molecule has 120 valence electrons. The average molecular weight is 312 g/mol. The lowest BCUT2D eigenvalue weighted by Crippen LogP contribution is -2.36. The molecule has 5 nitrogen and oxygen atoms in total. The number of aliphatic hydroxyl groups is 1. The number of amides is 2. The van der Waals surface area contributed by atoms with Crippen LogP contribution in [-0.4, -0.2) is 24.4 Å². The molecule has 1 aliphatic carbocycles. The number of aryl methyl sites for hydroxylation is 1. The zero-order chi connectivity index (χ0) is 16.4. The first-order chi connectivity index (χ1) is 11.1. The van der Waals surface area contributed by atoms with Crippen molar-refractivity contribution in [2.75, 3.05) is 12.4 Å². The number of methoxy groups -OCH3 is 1. The molecule has 3 N–H and O–H groups in total. The maximum atomic E-state index is 12.3. The molecular formula is C18H20N2O3. The summed E-state index contributed by atoms with van der Waals surface area (Å²) >= 11 is 0. The van der Waals surface area contributed by atoms with E-state index in [2.05, 4.69) is 10.6 Å². The summed E-state index contributed by atoms with van der Waals surface area (Å²) in [5.41, 5.74) is 3.66. The van der Waals surface area contributed by atoms with E-state index >= 15 is 0 Å². The van der Waals surface area contributed by atoms with Crippen molar-refractivity contribution in [3.63, 3.8) is 0 Å². The number of hydrogen-bond donors (Lipinski definition) is 3. The molecule has 0 heterocycles. The van der Waals surface area contributed by atoms with E-state index in [1.165, 1.54) is 0 Å². The van der Waals surface area contributed by atoms with Gasteiger partial charge < -0.3 is 20.5 Å². The van der Waals surface area contributed by atoms with Crippen molar-refractivity contribution in [2.45, 2.75) is 25.5 Å². The van der Waals surface area contributed by atoms with Gasteiger partial charge in [-0.25, -0.2) is 4.79 Å². The number of ether oxygens (including phenoxy) is 1. The Morgan fingerprint density at radius 2 is 2.04 bits per heavy atom. The van der Waals surface area contributed by atoms with E-state index in [1.54, 1.807) is 7.11 Å². The van der Waals surface area contributed by atoms with Crippen LogP contribution in [-0.2, 0) is 6.42 Å². The lowest BCUT2D eigenvalue weighted by Gasteiger charge is -2.19. The number of carbonyl (C=O) groups excluding carboxylic acids is 1. The second-order valence-electron chi connectivity index (χ2n) is 5.75. The molecule has 2 atom stereocenters. The van der Waals surface area contributed by atoms with Crippen LogP contribution >= 0.6 is 0 Å². The van der Waals surface area contributed by atoms with Crippen molar-refractivity contribution in [1.82, 2.24) is 5.32 Å². The van der Waals surface area contributed by atoms with Crippen LogP contribution in [0.25, 0.3) is 0 Å². The summed E-state index contributed by atoms with van der Waals surface area (Å²) < 4.78 is 5.26. The minimum atomic E-state index is -0.613. The molecule has 5 heteroatoms. The lowest BCUT2D eigenvalue weighted by molar-refractivity contribution is 0.144. The van der Waals surface area contributed by atoms with Gasteiger partial charge in [0.1, 0.15) is 5.75 Å². The molecule has 0 saturated heterocycles. The minimum Gasteiger partial charge on any atom is -0.495 e. The van der Waals surface area contributed by atoms with Gasteiger partial charge >= 0.3 is 6.03 Å². The van der Waals surface area contributed by atoms with Gasteiger partial charge in [-0.2, -0.15) is 0 Å². The van der Waals surface area contributed by atoms with Crippen LogP contribution in [0.1, 0.15) is 22.7 Å². The number of aliphatic hydroxyl groups excluding tert-OH is 1. The number of fused-ring (bicyclic) bond motifs is 1. The Morgan fingerprint density at radius 3 is 2.83 bits per heavy atom. The Kier molecular flexibility index (Phi) is 4.21. The normalized spacial score (nSPS) is 19.1. The second kappa shape index (κ2) is 6.30. The first-order valence-corrected chi connectivity index (χ1v) is 7.56. The molecule has 0 saturated carbocycles. The summed E-state index contributed by atoms with van der Waals surface area (Å²) in [7, 11) is 1.56. The zero-order valence-corrected chi connectivity index (χ0v) is 13.2. The van der Waals surface area contributed by atoms with Crippen molar-refractivity contribution in [3.05, 3.63) is 59.2 Å². The fraction of sp³-hybridized carbons (Fsp3) is 0.278. The summed E-state index contributed by atoms with van der Waals surface area (Å²) in [4.78, 5) is 12.3. The van der Waals surface area contributed by atoms with Crippen molar-refractivity contribution < 1.29 is 14.6 Å². The van der Waals surface area contributed by atoms with E-state index in [9.17, 15) is 9.90 Å². The highest BCUT2D eigenvalue weighted by Crippen LogP contribution is 2.31. The number of anilines is 1. The number of urea groups is 1. The summed E-state index contributed by atoms with van der Waals surface area (Å²) in [6.07, 6.45) is -0.0629. The fourth-order valence-corrected chi connectivity index (χ4v) is 2.97. The smallest absolute Gasteiger partial charge is 0.319 e. The average Bonchev–Trinajstić information content (AvgIpc) is 2.83. The summed E-state index contributed by atoms with van der Waals surface area (Å²) in [5, 5.41) is 15.8. The summed E-state index contributed by atoms with van der Waals surface area (Å²) in [6.45, 7) is 1.94. The van der Waals surface area contributed by atoms with Gasteiger partial charge in [-0.15, -0.1) is 0 Å². The van der Waals surface area contributed by atoms with Gasteiger partial charge in [0.15, 0.2) is 0 Å². The Balaban J connectivity index is 1.74. The first kappa shape index (κ1) is 15.4. The molecule has 0 radical (unpaired) electrons. The first-order valence-electron chi connectivity index (χ1n) is 7.56. The molecule has 0 unspecified atom stereocenters. The van der Waals surface area contributed by atoms with E-state index in [0.29, 0.717) is 17.9 Å². The van der Waals surface area contributed by atoms with Gasteiger partial charge in [0.05, 0.1) is 24.9 Å². The van der Waals surface area contributed by atoms with Crippen molar-refractivity contribution in [2.24, 2.45) is 0 Å². The quantitative estimate of drug-likeness (QED) is 0.816. The molecular weight excluding hydrogens is 292 g/mol. The number of rotatable bonds is 3. The molecule has 2 amide bonds. The molecule has 0 spiro atoms. The molecule has 0 fully saturated rings. The predicted octanol–water partition coefficient (Wildman–Crippen LogP) is 2.78. The van der Waals surface area contributed by atoms with Crippen molar-refractivity contribution in [3.8, 4) is 5.75 Å². The number of hydrogen-bond acceptors (Lipinski definition) is 3. The number of nitrogens with one attached hydrogen (secondary N) is 2. The molecule has 0 aromatic heterocycles. The molecule has 2 aromatic carbocycles. The van der Waals surface area contributed by atoms with Crippen LogP contribution in [0.3, 0.4) is 0 Å². The van der Waals surface area contributed by atoms with E-state index in [-0.39, 0.29) is 6.03 Å². The van der Waals surface area contributed by atoms with Gasteiger partial charge in [-0.1, -0.05) is 30.3 Å². The third kappa shape index (κ3) is 3.14. The van der Waals surface area contributed by atoms with E-state index in [0.717, 1.165) is 16.7 Å². The van der Waals surface area contributed by atoms with Crippen LogP contribution in [0.2, 0.25) is 0 Å². The Bertz CT molecular complexity index is 730. The van der Waals surface area contributed by atoms with Gasteiger partial charge in [0.2, 0.25) is 0 Å². The van der Waals surface area contributed by atoms with Crippen LogP contribution in [0, 0.1) is 6.92 Å². The third-order valence-electron chi connectivity index (χ3n) is 4.09. The van der Waals surface area contributed by atoms with E-state index < -0.39 is 12.1 Å². The monoisotopic (exact) mass is 312 g/mol. The largest absolute Gasteiger partial charge is 0.495 e. The molecule has 3 rings (SSSR count). The summed E-state index contributed by atoms with van der Waals surface area (Å²) in [6, 6.07) is 12.6. The second-order valence-corrected chi connectivity index (χ2v) is 5.75. The molecule has 0 aliphatic heterocycles. The summed E-state index contributed by atoms with van der Waals surface area (Å²) in [5.74, 6) is 0.595. The van der Waals surface area contributed by atoms with Gasteiger partial charge in [-0.05, 0) is 35.7 Å². The number of carbonyl (C=O) groups is 1. The van der Waals surface area contributed by atoms with Gasteiger partial charge in [0.25, 0.3) is 0 Å². The van der Waals surface area contributed by atoms with E-state index in [4.69, 9.17) is 4.74 Å². The molecule has 2 aromatic rings. The highest BCUT2D eigenvalue weighted by Gasteiger charge is 2.31. The Labute approximate surface area is 135 Å². The third-order valence-corrected chi connectivity index (χ3v) is 4.09. The van der Waals surface area contributed by atoms with Crippen LogP contribution < -0.4 is 15.4 Å². The Morgan fingerprint density at radius 1 is 1.26 bits per heavy atom. The van der Waals surface area contributed by atoms with Crippen LogP contribution in [0.5, 0.6) is 5.75 Å². The molecule has 23 heavy (non-hydrogen) atoms. The van der Waals surface area contributed by atoms with Crippen molar-refractivity contribution >= 4 is 11.7 Å². The van der Waals surface area contributed by atoms with E-state index in [1.807, 2.05) is 49.4 Å². The Hall–Kier alpha value is -2.53. The lowest BCUT2D eigenvalue weighted by atomic mass is 10.1. The highest BCUT2D eigenvalue weighted by atomic mass is 16.5. The standard InChI is InChI=1S/C18H20N2O3/c1-11-7-8-16(23-2)14(9-11)19-18(22)20-17-13-6-4-3-5-12(13)10-15(17)21/h3-9,15,17,21H,10H2,1-2H3,(H2,19,20,22)/t15-,17+/m1/s1. The number of benzene rings is 2.